The molecule has 33 heavy (non-hydrogen) atoms. The molecule has 0 bridgehead atoms. The van der Waals surface area contributed by atoms with Crippen LogP contribution in [0, 0.1) is 11.6 Å². The average molecular weight is 467 g/mol. The molecular weight excluding hydrogens is 446 g/mol. The van der Waals surface area contributed by atoms with Crippen molar-refractivity contribution >= 4 is 33.1 Å². The molecule has 3 heterocycles. The number of ether oxygens (including phenoxy) is 1. The third kappa shape index (κ3) is 4.49. The second-order valence-corrected chi connectivity index (χ2v) is 8.51. The Morgan fingerprint density at radius 3 is 2.30 bits per heavy atom. The van der Waals surface area contributed by atoms with E-state index in [9.17, 15) is 13.6 Å². The summed E-state index contributed by atoms with van der Waals surface area (Å²) in [5, 5.41) is 2.64. The number of rotatable bonds is 5. The van der Waals surface area contributed by atoms with Crippen molar-refractivity contribution < 1.29 is 18.3 Å². The molecule has 1 saturated heterocycles. The molecule has 6 nitrogen and oxygen atoms in total. The van der Waals surface area contributed by atoms with Gasteiger partial charge in [-0.2, -0.15) is 0 Å². The van der Waals surface area contributed by atoms with Crippen molar-refractivity contribution in [3.05, 3.63) is 71.9 Å². The SMILES string of the molecule is O=C(COc1ncnc2scc(-c3ccc(F)cc3)c12)N1CCN(c2ccc(F)cc2)CC1. The second-order valence-electron chi connectivity index (χ2n) is 7.65. The molecule has 1 amide bonds. The van der Waals surface area contributed by atoms with Gasteiger partial charge in [-0.1, -0.05) is 12.1 Å². The number of thiophene rings is 1. The van der Waals surface area contributed by atoms with Crippen LogP contribution in [0.25, 0.3) is 21.3 Å². The number of carbonyl (C=O) groups is 1. The van der Waals surface area contributed by atoms with Gasteiger partial charge in [0.2, 0.25) is 5.88 Å². The fourth-order valence-corrected chi connectivity index (χ4v) is 4.79. The molecule has 1 aliphatic heterocycles. The maximum atomic E-state index is 13.3. The lowest BCUT2D eigenvalue weighted by molar-refractivity contribution is -0.133. The minimum Gasteiger partial charge on any atom is -0.467 e. The summed E-state index contributed by atoms with van der Waals surface area (Å²) in [7, 11) is 0. The Morgan fingerprint density at radius 2 is 1.61 bits per heavy atom. The number of aromatic nitrogens is 2. The lowest BCUT2D eigenvalue weighted by Gasteiger charge is -2.36. The van der Waals surface area contributed by atoms with Crippen LogP contribution in [-0.4, -0.2) is 53.6 Å². The van der Waals surface area contributed by atoms with E-state index in [0.29, 0.717) is 37.4 Å². The number of anilines is 1. The van der Waals surface area contributed by atoms with Gasteiger partial charge in [0.15, 0.2) is 6.61 Å². The molecule has 9 heteroatoms. The number of hydrogen-bond donors (Lipinski definition) is 0. The molecule has 0 saturated carbocycles. The molecule has 4 aromatic rings. The fourth-order valence-electron chi connectivity index (χ4n) is 3.89. The minimum atomic E-state index is -0.309. The summed E-state index contributed by atoms with van der Waals surface area (Å²) in [4.78, 5) is 25.9. The summed E-state index contributed by atoms with van der Waals surface area (Å²) < 4.78 is 32.3. The second kappa shape index (κ2) is 9.11. The first-order chi connectivity index (χ1) is 16.1. The molecule has 0 atom stereocenters. The Morgan fingerprint density at radius 1 is 0.939 bits per heavy atom. The number of carbonyl (C=O) groups excluding carboxylic acids is 1. The van der Waals surface area contributed by atoms with Gasteiger partial charge in [-0.05, 0) is 42.0 Å². The number of fused-ring (bicyclic) bond motifs is 1. The van der Waals surface area contributed by atoms with E-state index in [2.05, 4.69) is 14.9 Å². The average Bonchev–Trinajstić information content (AvgIpc) is 3.28. The summed E-state index contributed by atoms with van der Waals surface area (Å²) in [5.41, 5.74) is 2.60. The van der Waals surface area contributed by atoms with E-state index in [0.717, 1.165) is 21.6 Å². The van der Waals surface area contributed by atoms with Crippen LogP contribution in [0.2, 0.25) is 0 Å². The van der Waals surface area contributed by atoms with Crippen molar-refractivity contribution in [2.45, 2.75) is 0 Å². The Labute approximate surface area is 193 Å². The van der Waals surface area contributed by atoms with Crippen LogP contribution in [0.15, 0.2) is 60.2 Å². The van der Waals surface area contributed by atoms with E-state index in [1.807, 2.05) is 5.38 Å². The molecule has 168 valence electrons. The summed E-state index contributed by atoms with van der Waals surface area (Å²) in [5.74, 6) is -0.370. The molecule has 0 radical (unpaired) electrons. The Bertz CT molecular complexity index is 1270. The van der Waals surface area contributed by atoms with Gasteiger partial charge in [-0.25, -0.2) is 18.7 Å². The van der Waals surface area contributed by atoms with E-state index in [-0.39, 0.29) is 24.1 Å². The van der Waals surface area contributed by atoms with Gasteiger partial charge in [-0.3, -0.25) is 4.79 Å². The van der Waals surface area contributed by atoms with Gasteiger partial charge in [0.1, 0.15) is 22.8 Å². The topological polar surface area (TPSA) is 58.6 Å². The molecule has 1 fully saturated rings. The van der Waals surface area contributed by atoms with Gasteiger partial charge < -0.3 is 14.5 Å². The molecule has 2 aromatic heterocycles. The Balaban J connectivity index is 1.25. The Kier molecular flexibility index (Phi) is 5.87. The van der Waals surface area contributed by atoms with Crippen molar-refractivity contribution in [3.8, 4) is 17.0 Å². The van der Waals surface area contributed by atoms with Gasteiger partial charge in [0, 0.05) is 42.8 Å². The Hall–Kier alpha value is -3.59. The third-order valence-corrected chi connectivity index (χ3v) is 6.53. The number of benzene rings is 2. The zero-order valence-electron chi connectivity index (χ0n) is 17.6. The highest BCUT2D eigenvalue weighted by molar-refractivity contribution is 7.17. The van der Waals surface area contributed by atoms with Gasteiger partial charge in [-0.15, -0.1) is 11.3 Å². The molecule has 0 unspecified atom stereocenters. The number of nitrogens with zero attached hydrogens (tertiary/aromatic N) is 4. The van der Waals surface area contributed by atoms with Crippen LogP contribution < -0.4 is 9.64 Å². The lowest BCUT2D eigenvalue weighted by Crippen LogP contribution is -2.50. The zero-order valence-corrected chi connectivity index (χ0v) is 18.4. The van der Waals surface area contributed by atoms with E-state index in [1.54, 1.807) is 29.2 Å². The minimum absolute atomic E-state index is 0.126. The molecule has 2 aromatic carbocycles. The highest BCUT2D eigenvalue weighted by Gasteiger charge is 2.23. The fraction of sp³-hybridized carbons (Fsp3) is 0.208. The van der Waals surface area contributed by atoms with E-state index in [4.69, 9.17) is 4.74 Å². The van der Waals surface area contributed by atoms with Crippen molar-refractivity contribution in [2.75, 3.05) is 37.7 Å². The van der Waals surface area contributed by atoms with Crippen LogP contribution in [-0.2, 0) is 4.79 Å². The smallest absolute Gasteiger partial charge is 0.260 e. The first-order valence-corrected chi connectivity index (χ1v) is 11.4. The van der Waals surface area contributed by atoms with Crippen molar-refractivity contribution in [1.82, 2.24) is 14.9 Å². The van der Waals surface area contributed by atoms with Gasteiger partial charge >= 0.3 is 0 Å². The van der Waals surface area contributed by atoms with Crippen LogP contribution in [0.3, 0.4) is 0 Å². The zero-order chi connectivity index (χ0) is 22.8. The number of hydrogen-bond acceptors (Lipinski definition) is 6. The quantitative estimate of drug-likeness (QED) is 0.437. The lowest BCUT2D eigenvalue weighted by atomic mass is 10.1. The first kappa shape index (κ1) is 21.3. The van der Waals surface area contributed by atoms with Crippen molar-refractivity contribution in [1.29, 1.82) is 0 Å². The molecule has 0 spiro atoms. The van der Waals surface area contributed by atoms with Crippen LogP contribution in [0.1, 0.15) is 0 Å². The highest BCUT2D eigenvalue weighted by atomic mass is 32.1. The largest absolute Gasteiger partial charge is 0.467 e. The van der Waals surface area contributed by atoms with Crippen molar-refractivity contribution in [3.63, 3.8) is 0 Å². The van der Waals surface area contributed by atoms with E-state index < -0.39 is 0 Å². The molecule has 0 N–H and O–H groups in total. The van der Waals surface area contributed by atoms with Crippen LogP contribution >= 0.6 is 11.3 Å². The predicted octanol–water partition coefficient (Wildman–Crippen LogP) is 4.36. The summed E-state index contributed by atoms with van der Waals surface area (Å²) in [6.45, 7) is 2.29. The normalized spacial score (nSPS) is 14.0. The molecule has 1 aliphatic rings. The molecule has 0 aliphatic carbocycles. The van der Waals surface area contributed by atoms with E-state index >= 15 is 0 Å². The highest BCUT2D eigenvalue weighted by Crippen LogP contribution is 2.37. The predicted molar refractivity (Wildman–Crippen MR) is 123 cm³/mol. The summed E-state index contributed by atoms with van der Waals surface area (Å²) in [6.07, 6.45) is 1.41. The summed E-state index contributed by atoms with van der Waals surface area (Å²) >= 11 is 1.44. The maximum absolute atomic E-state index is 13.3. The maximum Gasteiger partial charge on any atom is 0.260 e. The van der Waals surface area contributed by atoms with E-state index in [1.165, 1.54) is 41.9 Å². The number of piperazine rings is 1. The first-order valence-electron chi connectivity index (χ1n) is 10.5. The summed E-state index contributed by atoms with van der Waals surface area (Å²) in [6, 6.07) is 12.6. The van der Waals surface area contributed by atoms with Gasteiger partial charge in [0.05, 0.1) is 5.39 Å². The monoisotopic (exact) mass is 466 g/mol. The standard InChI is InChI=1S/C24H20F2N4O2S/c25-17-3-1-16(2-4-17)20-14-33-24-22(20)23(27-15-28-24)32-13-21(31)30-11-9-29(10-12-30)19-7-5-18(26)6-8-19/h1-8,14-15H,9-13H2. The van der Waals surface area contributed by atoms with Gasteiger partial charge in [0.25, 0.3) is 5.91 Å². The third-order valence-electron chi connectivity index (χ3n) is 5.65. The van der Waals surface area contributed by atoms with Crippen LogP contribution in [0.5, 0.6) is 5.88 Å². The number of amides is 1. The van der Waals surface area contributed by atoms with Crippen LogP contribution in [0.4, 0.5) is 14.5 Å². The molecular formula is C24H20F2N4O2S. The van der Waals surface area contributed by atoms with Crippen molar-refractivity contribution in [2.24, 2.45) is 0 Å². The number of halogens is 2. The molecule has 5 rings (SSSR count).